The van der Waals surface area contributed by atoms with Crippen LogP contribution in [0.2, 0.25) is 0 Å². The van der Waals surface area contributed by atoms with Gasteiger partial charge in [0.25, 0.3) is 0 Å². The van der Waals surface area contributed by atoms with Gasteiger partial charge in [-0.05, 0) is 12.8 Å². The third-order valence-corrected chi connectivity index (χ3v) is 2.12. The normalized spacial score (nSPS) is 11.6. The topological polar surface area (TPSA) is 114 Å². The molecule has 0 radical (unpaired) electrons. The zero-order chi connectivity index (χ0) is 13.8. The largest absolute Gasteiger partial charge is 0.382 e. The van der Waals surface area contributed by atoms with Crippen LogP contribution in [0.3, 0.4) is 0 Å². The van der Waals surface area contributed by atoms with Crippen molar-refractivity contribution in [3.63, 3.8) is 0 Å². The van der Waals surface area contributed by atoms with Gasteiger partial charge in [-0.1, -0.05) is 0 Å². The van der Waals surface area contributed by atoms with Gasteiger partial charge in [0, 0.05) is 13.5 Å². The van der Waals surface area contributed by atoms with E-state index in [0.717, 1.165) is 0 Å². The van der Waals surface area contributed by atoms with Crippen LogP contribution in [-0.2, 0) is 19.1 Å². The van der Waals surface area contributed by atoms with Crippen molar-refractivity contribution in [1.82, 2.24) is 5.32 Å². The van der Waals surface area contributed by atoms with E-state index in [4.69, 9.17) is 20.5 Å². The van der Waals surface area contributed by atoms with Gasteiger partial charge in [0.05, 0.1) is 19.3 Å². The smallest absolute Gasteiger partial charge is 0.246 e. The minimum atomic E-state index is -0.753. The van der Waals surface area contributed by atoms with Crippen molar-refractivity contribution < 1.29 is 19.1 Å². The van der Waals surface area contributed by atoms with E-state index in [0.29, 0.717) is 32.5 Å². The molecule has 0 aromatic carbocycles. The number of rotatable bonds is 10. The number of carbonyl (C=O) groups is 2. The first-order valence-corrected chi connectivity index (χ1v) is 5.64. The number of nitrogens with one attached hydrogen (secondary N) is 1. The summed E-state index contributed by atoms with van der Waals surface area (Å²) in [5.41, 5.74) is 5.15. The van der Waals surface area contributed by atoms with Crippen LogP contribution in [0, 0.1) is 11.3 Å². The highest BCUT2D eigenvalue weighted by Crippen LogP contribution is 2.00. The maximum Gasteiger partial charge on any atom is 0.246 e. The molecule has 0 aliphatic heterocycles. The Bertz CT molecular complexity index is 301. The lowest BCUT2D eigenvalue weighted by molar-refractivity contribution is -0.130. The lowest BCUT2D eigenvalue weighted by Crippen LogP contribution is -2.45. The van der Waals surface area contributed by atoms with Crippen molar-refractivity contribution in [3.8, 4) is 6.07 Å². The summed E-state index contributed by atoms with van der Waals surface area (Å²) in [5.74, 6) is -1.02. The Hall–Kier alpha value is -1.65. The Kier molecular flexibility index (Phi) is 9.54. The summed E-state index contributed by atoms with van der Waals surface area (Å²) in [7, 11) is 1.53. The molecule has 0 unspecified atom stereocenters. The second-order valence-corrected chi connectivity index (χ2v) is 3.62. The molecule has 0 heterocycles. The van der Waals surface area contributed by atoms with E-state index in [1.165, 1.54) is 7.11 Å². The molecule has 7 nitrogen and oxygen atoms in total. The molecule has 0 spiro atoms. The average Bonchev–Trinajstić information content (AvgIpc) is 2.33. The lowest BCUT2D eigenvalue weighted by Gasteiger charge is -2.14. The molecule has 0 aliphatic carbocycles. The summed E-state index contributed by atoms with van der Waals surface area (Å²) in [4.78, 5) is 22.5. The Morgan fingerprint density at radius 2 is 2.17 bits per heavy atom. The van der Waals surface area contributed by atoms with E-state index in [-0.39, 0.29) is 6.61 Å². The molecule has 0 bridgehead atoms. The standard InChI is InChI=1S/C11H19N3O4/c1-17-6-7-18-8-10(15)14-9(11(13)16)4-2-3-5-12/h9H,2-4,6-8H2,1H3,(H2,13,16)(H,14,15)/t9-/m1/s1. The second-order valence-electron chi connectivity index (χ2n) is 3.62. The minimum Gasteiger partial charge on any atom is -0.382 e. The third kappa shape index (κ3) is 8.50. The van der Waals surface area contributed by atoms with Crippen molar-refractivity contribution in [2.45, 2.75) is 25.3 Å². The number of ether oxygens (including phenoxy) is 2. The fourth-order valence-corrected chi connectivity index (χ4v) is 1.21. The van der Waals surface area contributed by atoms with E-state index in [9.17, 15) is 9.59 Å². The van der Waals surface area contributed by atoms with Gasteiger partial charge in [0.1, 0.15) is 12.6 Å². The second kappa shape index (κ2) is 10.5. The van der Waals surface area contributed by atoms with Crippen molar-refractivity contribution in [2.24, 2.45) is 5.73 Å². The first-order chi connectivity index (χ1) is 8.61. The minimum absolute atomic E-state index is 0.147. The molecule has 18 heavy (non-hydrogen) atoms. The molecule has 7 heteroatoms. The van der Waals surface area contributed by atoms with E-state index in [1.807, 2.05) is 6.07 Å². The molecular weight excluding hydrogens is 238 g/mol. The Morgan fingerprint density at radius 1 is 1.44 bits per heavy atom. The predicted molar refractivity (Wildman–Crippen MR) is 63.3 cm³/mol. The zero-order valence-corrected chi connectivity index (χ0v) is 10.5. The number of unbranched alkanes of at least 4 members (excludes halogenated alkanes) is 1. The highest BCUT2D eigenvalue weighted by molar-refractivity contribution is 5.86. The summed E-state index contributed by atoms with van der Waals surface area (Å²) in [5, 5.41) is 10.8. The predicted octanol–water partition coefficient (Wildman–Crippen LogP) is -0.687. The average molecular weight is 257 g/mol. The molecule has 2 amide bonds. The molecule has 1 atom stereocenters. The lowest BCUT2D eigenvalue weighted by atomic mass is 10.1. The van der Waals surface area contributed by atoms with Crippen LogP contribution < -0.4 is 11.1 Å². The van der Waals surface area contributed by atoms with Crippen molar-refractivity contribution in [1.29, 1.82) is 5.26 Å². The van der Waals surface area contributed by atoms with E-state index < -0.39 is 17.9 Å². The molecule has 102 valence electrons. The molecular formula is C11H19N3O4. The number of primary amides is 1. The number of nitriles is 1. The highest BCUT2D eigenvalue weighted by Gasteiger charge is 2.17. The van der Waals surface area contributed by atoms with Gasteiger partial charge >= 0.3 is 0 Å². The van der Waals surface area contributed by atoms with Crippen LogP contribution in [0.1, 0.15) is 19.3 Å². The molecule has 3 N–H and O–H groups in total. The highest BCUT2D eigenvalue weighted by atomic mass is 16.5. The van der Waals surface area contributed by atoms with Gasteiger partial charge in [-0.15, -0.1) is 0 Å². The molecule has 0 rings (SSSR count). The van der Waals surface area contributed by atoms with Crippen molar-refractivity contribution in [3.05, 3.63) is 0 Å². The Labute approximate surface area is 106 Å². The number of hydrogen-bond acceptors (Lipinski definition) is 5. The number of nitrogens with two attached hydrogens (primary N) is 1. The zero-order valence-electron chi connectivity index (χ0n) is 10.5. The van der Waals surface area contributed by atoms with Gasteiger partial charge < -0.3 is 20.5 Å². The number of nitrogens with zero attached hydrogens (tertiary/aromatic N) is 1. The monoisotopic (exact) mass is 257 g/mol. The molecule has 0 saturated carbocycles. The van der Waals surface area contributed by atoms with Crippen LogP contribution in [0.4, 0.5) is 0 Å². The summed E-state index contributed by atoms with van der Waals surface area (Å²) in [6, 6.07) is 1.21. The van der Waals surface area contributed by atoms with Crippen LogP contribution >= 0.6 is 0 Å². The molecule has 0 aromatic rings. The van der Waals surface area contributed by atoms with Gasteiger partial charge in [-0.3, -0.25) is 9.59 Å². The Balaban J connectivity index is 3.89. The maximum absolute atomic E-state index is 11.4. The fourth-order valence-electron chi connectivity index (χ4n) is 1.21. The summed E-state index contributed by atoms with van der Waals surface area (Å²) in [6.45, 7) is 0.555. The summed E-state index contributed by atoms with van der Waals surface area (Å²) < 4.78 is 9.75. The molecule has 0 fully saturated rings. The van der Waals surface area contributed by atoms with Gasteiger partial charge in [0.15, 0.2) is 0 Å². The molecule has 0 aromatic heterocycles. The SMILES string of the molecule is COCCOCC(=O)N[C@H](CCCC#N)C(N)=O. The number of hydrogen-bond donors (Lipinski definition) is 2. The maximum atomic E-state index is 11.4. The number of methoxy groups -OCH3 is 1. The van der Waals surface area contributed by atoms with Gasteiger partial charge in [-0.25, -0.2) is 0 Å². The molecule has 0 aliphatic rings. The molecule has 0 saturated heterocycles. The van der Waals surface area contributed by atoms with Crippen molar-refractivity contribution in [2.75, 3.05) is 26.9 Å². The van der Waals surface area contributed by atoms with Crippen LogP contribution in [0.15, 0.2) is 0 Å². The van der Waals surface area contributed by atoms with Crippen LogP contribution in [0.25, 0.3) is 0 Å². The van der Waals surface area contributed by atoms with Crippen LogP contribution in [0.5, 0.6) is 0 Å². The number of carbonyl (C=O) groups excluding carboxylic acids is 2. The summed E-state index contributed by atoms with van der Waals surface area (Å²) >= 11 is 0. The van der Waals surface area contributed by atoms with E-state index in [1.54, 1.807) is 0 Å². The Morgan fingerprint density at radius 3 is 2.72 bits per heavy atom. The third-order valence-electron chi connectivity index (χ3n) is 2.12. The first kappa shape index (κ1) is 16.4. The van der Waals surface area contributed by atoms with Crippen molar-refractivity contribution >= 4 is 11.8 Å². The van der Waals surface area contributed by atoms with E-state index in [2.05, 4.69) is 5.32 Å². The van der Waals surface area contributed by atoms with E-state index >= 15 is 0 Å². The van der Waals surface area contributed by atoms with Gasteiger partial charge in [0.2, 0.25) is 11.8 Å². The van der Waals surface area contributed by atoms with Gasteiger partial charge in [-0.2, -0.15) is 5.26 Å². The summed E-state index contributed by atoms with van der Waals surface area (Å²) in [6.07, 6.45) is 1.19. The first-order valence-electron chi connectivity index (χ1n) is 5.64. The number of amides is 2. The quantitative estimate of drug-likeness (QED) is 0.503. The fraction of sp³-hybridized carbons (Fsp3) is 0.727. The van der Waals surface area contributed by atoms with Crippen LogP contribution in [-0.4, -0.2) is 44.8 Å².